The van der Waals surface area contributed by atoms with Crippen LogP contribution in [0, 0.1) is 0 Å². The van der Waals surface area contributed by atoms with E-state index >= 15 is 0 Å². The van der Waals surface area contributed by atoms with Crippen molar-refractivity contribution in [3.63, 3.8) is 0 Å². The minimum atomic E-state index is -0.377. The first-order chi connectivity index (χ1) is 13.7. The number of anilines is 3. The second-order valence-corrected chi connectivity index (χ2v) is 7.76. The molecule has 1 saturated heterocycles. The van der Waals surface area contributed by atoms with Crippen molar-refractivity contribution >= 4 is 46.5 Å². The van der Waals surface area contributed by atoms with E-state index in [4.69, 9.17) is 11.6 Å². The lowest BCUT2D eigenvalue weighted by molar-refractivity contribution is 0.262. The molecule has 2 N–H and O–H groups in total. The Kier molecular flexibility index (Phi) is 5.63. The van der Waals surface area contributed by atoms with E-state index < -0.39 is 0 Å². The van der Waals surface area contributed by atoms with Gasteiger partial charge in [-0.25, -0.2) is 19.4 Å². The summed E-state index contributed by atoms with van der Waals surface area (Å²) in [4.78, 5) is 23.0. The summed E-state index contributed by atoms with van der Waals surface area (Å²) >= 11 is 7.88. The quantitative estimate of drug-likeness (QED) is 0.677. The zero-order valence-electron chi connectivity index (χ0n) is 14.9. The lowest BCUT2D eigenvalue weighted by Gasteiger charge is -2.29. The van der Waals surface area contributed by atoms with Crippen LogP contribution in [0.4, 0.5) is 21.9 Å². The molecule has 2 aromatic heterocycles. The van der Waals surface area contributed by atoms with Gasteiger partial charge in [-0.05, 0) is 18.2 Å². The molecule has 0 aliphatic carbocycles. The Morgan fingerprint density at radius 1 is 1.14 bits per heavy atom. The summed E-state index contributed by atoms with van der Waals surface area (Å²) in [6.07, 6.45) is 6.61. The maximum Gasteiger partial charge on any atom is 0.323 e. The van der Waals surface area contributed by atoms with E-state index in [9.17, 15) is 4.79 Å². The standard InChI is InChI=1S/C18H18ClN7OS/c19-13-2-1-3-14(8-13)23-18(27)24-15-9-22-26(11-15)17-16(10-20-12-21-17)25-4-6-28-7-5-25/h1-3,8-12H,4-7H2,(H2,23,24,27). The van der Waals surface area contributed by atoms with Gasteiger partial charge < -0.3 is 15.5 Å². The van der Waals surface area contributed by atoms with Crippen molar-refractivity contribution in [1.29, 1.82) is 0 Å². The number of hydrogen-bond donors (Lipinski definition) is 2. The van der Waals surface area contributed by atoms with Crippen molar-refractivity contribution < 1.29 is 4.79 Å². The molecule has 28 heavy (non-hydrogen) atoms. The predicted octanol–water partition coefficient (Wildman–Crippen LogP) is 3.51. The summed E-state index contributed by atoms with van der Waals surface area (Å²) < 4.78 is 1.65. The molecule has 0 saturated carbocycles. The van der Waals surface area contributed by atoms with Gasteiger partial charge in [-0.3, -0.25) is 0 Å². The SMILES string of the molecule is O=C(Nc1cccc(Cl)c1)Nc1cnn(-c2ncncc2N2CCSCC2)c1. The monoisotopic (exact) mass is 415 g/mol. The van der Waals surface area contributed by atoms with Gasteiger partial charge in [0.1, 0.15) is 12.0 Å². The van der Waals surface area contributed by atoms with Crippen molar-refractivity contribution in [3.05, 3.63) is 54.2 Å². The first kappa shape index (κ1) is 18.6. The second-order valence-electron chi connectivity index (χ2n) is 6.09. The van der Waals surface area contributed by atoms with Crippen molar-refractivity contribution in [2.45, 2.75) is 0 Å². The van der Waals surface area contributed by atoms with Crippen molar-refractivity contribution in [2.75, 3.05) is 40.1 Å². The maximum absolute atomic E-state index is 12.2. The molecule has 4 rings (SSSR count). The van der Waals surface area contributed by atoms with Crippen LogP contribution in [0.25, 0.3) is 5.82 Å². The van der Waals surface area contributed by atoms with Crippen LogP contribution in [0.5, 0.6) is 0 Å². The molecule has 0 radical (unpaired) electrons. The predicted molar refractivity (Wildman–Crippen MR) is 113 cm³/mol. The van der Waals surface area contributed by atoms with Crippen LogP contribution in [0.3, 0.4) is 0 Å². The Bertz CT molecular complexity index is 974. The fraction of sp³-hybridized carbons (Fsp3) is 0.222. The highest BCUT2D eigenvalue weighted by atomic mass is 35.5. The average molecular weight is 416 g/mol. The van der Waals surface area contributed by atoms with E-state index in [1.165, 1.54) is 6.33 Å². The zero-order valence-corrected chi connectivity index (χ0v) is 16.5. The Morgan fingerprint density at radius 2 is 1.96 bits per heavy atom. The molecule has 3 aromatic rings. The largest absolute Gasteiger partial charge is 0.366 e. The summed E-state index contributed by atoms with van der Waals surface area (Å²) in [5, 5.41) is 10.4. The number of nitrogens with zero attached hydrogens (tertiary/aromatic N) is 5. The fourth-order valence-corrected chi connectivity index (χ4v) is 3.98. The summed E-state index contributed by atoms with van der Waals surface area (Å²) in [5.41, 5.74) is 2.09. The molecule has 0 bridgehead atoms. The average Bonchev–Trinajstić information content (AvgIpc) is 3.17. The molecule has 0 atom stereocenters. The fourth-order valence-electron chi connectivity index (χ4n) is 2.88. The van der Waals surface area contributed by atoms with Gasteiger partial charge >= 0.3 is 6.03 Å². The molecule has 0 spiro atoms. The highest BCUT2D eigenvalue weighted by Crippen LogP contribution is 2.24. The van der Waals surface area contributed by atoms with Crippen LogP contribution >= 0.6 is 23.4 Å². The molecular weight excluding hydrogens is 398 g/mol. The number of nitrogens with one attached hydrogen (secondary N) is 2. The summed E-state index contributed by atoms with van der Waals surface area (Å²) in [6.45, 7) is 1.89. The number of carbonyl (C=O) groups is 1. The Hall–Kier alpha value is -2.78. The number of carbonyl (C=O) groups excluding carboxylic acids is 1. The normalized spacial score (nSPS) is 14.0. The van der Waals surface area contributed by atoms with Gasteiger partial charge in [0, 0.05) is 35.3 Å². The Morgan fingerprint density at radius 3 is 2.79 bits per heavy atom. The van der Waals surface area contributed by atoms with Gasteiger partial charge in [0.05, 0.1) is 24.3 Å². The smallest absolute Gasteiger partial charge is 0.323 e. The molecule has 144 valence electrons. The molecule has 0 unspecified atom stereocenters. The molecule has 1 fully saturated rings. The third kappa shape index (κ3) is 4.37. The van der Waals surface area contributed by atoms with Crippen LogP contribution in [0.2, 0.25) is 5.02 Å². The molecule has 1 aromatic carbocycles. The second kappa shape index (κ2) is 8.49. The van der Waals surface area contributed by atoms with E-state index in [1.54, 1.807) is 47.5 Å². The minimum Gasteiger partial charge on any atom is -0.366 e. The lowest BCUT2D eigenvalue weighted by Crippen LogP contribution is -2.33. The Labute approximate surface area is 171 Å². The summed E-state index contributed by atoms with van der Waals surface area (Å²) in [5.74, 6) is 2.83. The van der Waals surface area contributed by atoms with Crippen molar-refractivity contribution in [1.82, 2.24) is 19.7 Å². The van der Waals surface area contributed by atoms with Gasteiger partial charge in [0.2, 0.25) is 0 Å². The highest BCUT2D eigenvalue weighted by molar-refractivity contribution is 7.99. The van der Waals surface area contributed by atoms with Crippen molar-refractivity contribution in [3.8, 4) is 5.82 Å². The van der Waals surface area contributed by atoms with E-state index in [1.807, 2.05) is 11.8 Å². The first-order valence-corrected chi connectivity index (χ1v) is 10.2. The third-order valence-electron chi connectivity index (χ3n) is 4.16. The Balaban J connectivity index is 1.48. The van der Waals surface area contributed by atoms with Gasteiger partial charge in [-0.2, -0.15) is 16.9 Å². The molecule has 1 aliphatic rings. The molecule has 2 amide bonds. The number of urea groups is 1. The molecular formula is C18H18ClN7OS. The van der Waals surface area contributed by atoms with Crippen LogP contribution in [0.15, 0.2) is 49.2 Å². The van der Waals surface area contributed by atoms with Crippen LogP contribution in [0.1, 0.15) is 0 Å². The van der Waals surface area contributed by atoms with Gasteiger partial charge in [-0.1, -0.05) is 17.7 Å². The molecule has 3 heterocycles. The zero-order chi connectivity index (χ0) is 19.3. The van der Waals surface area contributed by atoms with Gasteiger partial charge in [-0.15, -0.1) is 0 Å². The van der Waals surface area contributed by atoms with Crippen LogP contribution in [-0.4, -0.2) is 50.4 Å². The number of halogens is 1. The van der Waals surface area contributed by atoms with Crippen LogP contribution in [-0.2, 0) is 0 Å². The first-order valence-electron chi connectivity index (χ1n) is 8.70. The van der Waals surface area contributed by atoms with Crippen molar-refractivity contribution in [2.24, 2.45) is 0 Å². The summed E-state index contributed by atoms with van der Waals surface area (Å²) in [7, 11) is 0. The third-order valence-corrected chi connectivity index (χ3v) is 5.34. The molecule has 1 aliphatic heterocycles. The highest BCUT2D eigenvalue weighted by Gasteiger charge is 2.18. The number of benzene rings is 1. The van der Waals surface area contributed by atoms with Gasteiger partial charge in [0.15, 0.2) is 5.82 Å². The number of rotatable bonds is 4. The topological polar surface area (TPSA) is 88.0 Å². The lowest BCUT2D eigenvalue weighted by atomic mass is 10.3. The number of amides is 2. The molecule has 10 heteroatoms. The number of aromatic nitrogens is 4. The summed E-state index contributed by atoms with van der Waals surface area (Å²) in [6, 6.07) is 6.58. The van der Waals surface area contributed by atoms with E-state index in [2.05, 4.69) is 30.6 Å². The van der Waals surface area contributed by atoms with Crippen LogP contribution < -0.4 is 15.5 Å². The van der Waals surface area contributed by atoms with E-state index in [0.717, 1.165) is 30.3 Å². The minimum absolute atomic E-state index is 0.377. The van der Waals surface area contributed by atoms with E-state index in [-0.39, 0.29) is 6.03 Å². The maximum atomic E-state index is 12.2. The van der Waals surface area contributed by atoms with Gasteiger partial charge in [0.25, 0.3) is 0 Å². The number of hydrogen-bond acceptors (Lipinski definition) is 6. The van der Waals surface area contributed by atoms with E-state index in [0.29, 0.717) is 22.2 Å². The number of thioether (sulfide) groups is 1. The molecule has 8 nitrogen and oxygen atoms in total.